The lowest BCUT2D eigenvalue weighted by Crippen LogP contribution is -2.31. The molecule has 10 heteroatoms. The maximum atomic E-state index is 13.3. The predicted molar refractivity (Wildman–Crippen MR) is 73.9 cm³/mol. The zero-order valence-electron chi connectivity index (χ0n) is 10.9. The van der Waals surface area contributed by atoms with E-state index in [9.17, 15) is 18.4 Å². The average Bonchev–Trinajstić information content (AvgIpc) is 2.98. The van der Waals surface area contributed by atoms with Crippen LogP contribution in [-0.4, -0.2) is 32.2 Å². The number of H-pyrrole nitrogens is 1. The molecule has 3 rings (SSSR count). The topological polar surface area (TPSA) is 105 Å². The molecule has 0 bridgehead atoms. The molecular formula is C12H9F2N5O2S. The number of amides is 2. The summed E-state index contributed by atoms with van der Waals surface area (Å²) in [6.45, 7) is 0. The van der Waals surface area contributed by atoms with Crippen molar-refractivity contribution in [2.45, 2.75) is 16.8 Å². The Bertz CT molecular complexity index is 766. The number of rotatable bonds is 3. The maximum absolute atomic E-state index is 13.3. The summed E-state index contributed by atoms with van der Waals surface area (Å²) >= 11 is 0.976. The minimum absolute atomic E-state index is 0.00787. The first-order chi connectivity index (χ1) is 10.5. The summed E-state index contributed by atoms with van der Waals surface area (Å²) in [7, 11) is 0. The highest BCUT2D eigenvalue weighted by Crippen LogP contribution is 2.32. The number of imide groups is 1. The number of nitrogens with zero attached hydrogens (tertiary/aromatic N) is 3. The fraction of sp³-hybridized carbons (Fsp3) is 0.167. The minimum Gasteiger partial charge on any atom is -0.368 e. The summed E-state index contributed by atoms with van der Waals surface area (Å²) < 4.78 is 26.2. The number of hydrogen-bond donors (Lipinski definition) is 2. The number of carbonyl (C=O) groups excluding carboxylic acids is 2. The molecule has 114 valence electrons. The van der Waals surface area contributed by atoms with Crippen molar-refractivity contribution in [1.82, 2.24) is 15.2 Å². The standard InChI is InChI=1S/C12H9F2N5O2S/c13-6-2-1-5(3-7(6)14)19-9(20)4-8(10(19)21)22-12-16-11(15)17-18-12/h1-3,8H,4H2,(H3,15,16,17,18)/t8-/m0/s1. The van der Waals surface area contributed by atoms with Crippen LogP contribution in [0.25, 0.3) is 0 Å². The van der Waals surface area contributed by atoms with E-state index in [-0.39, 0.29) is 23.2 Å². The van der Waals surface area contributed by atoms with Crippen LogP contribution in [-0.2, 0) is 9.59 Å². The zero-order valence-corrected chi connectivity index (χ0v) is 11.7. The Morgan fingerprint density at radius 3 is 2.73 bits per heavy atom. The van der Waals surface area contributed by atoms with Crippen LogP contribution in [0.3, 0.4) is 0 Å². The van der Waals surface area contributed by atoms with Crippen molar-refractivity contribution in [3.8, 4) is 0 Å². The number of nitrogens with one attached hydrogen (secondary N) is 1. The third-order valence-electron chi connectivity index (χ3n) is 3.00. The molecule has 1 aromatic carbocycles. The van der Waals surface area contributed by atoms with Gasteiger partial charge in [-0.2, -0.15) is 4.98 Å². The Labute approximate surface area is 126 Å². The summed E-state index contributed by atoms with van der Waals surface area (Å²) in [6, 6.07) is 2.84. The molecular weight excluding hydrogens is 316 g/mol. The number of halogens is 2. The molecule has 1 fully saturated rings. The SMILES string of the molecule is Nc1nc(S[C@H]2CC(=O)N(c3ccc(F)c(F)c3)C2=O)n[nH]1. The summed E-state index contributed by atoms with van der Waals surface area (Å²) in [5.74, 6) is -3.13. The summed E-state index contributed by atoms with van der Waals surface area (Å²) in [4.78, 5) is 29.0. The van der Waals surface area contributed by atoms with E-state index in [1.54, 1.807) is 0 Å². The first kappa shape index (κ1) is 14.4. The van der Waals surface area contributed by atoms with Gasteiger partial charge in [-0.05, 0) is 12.1 Å². The second kappa shape index (κ2) is 5.37. The molecule has 2 heterocycles. The highest BCUT2D eigenvalue weighted by atomic mass is 32.2. The van der Waals surface area contributed by atoms with Gasteiger partial charge in [-0.1, -0.05) is 11.8 Å². The number of hydrogen-bond acceptors (Lipinski definition) is 6. The third-order valence-corrected chi connectivity index (χ3v) is 4.04. The molecule has 0 aliphatic carbocycles. The number of nitrogen functional groups attached to an aromatic ring is 1. The first-order valence-electron chi connectivity index (χ1n) is 6.12. The fourth-order valence-electron chi connectivity index (χ4n) is 2.03. The Balaban J connectivity index is 1.83. The van der Waals surface area contributed by atoms with Gasteiger partial charge in [0.1, 0.15) is 5.25 Å². The van der Waals surface area contributed by atoms with Gasteiger partial charge in [0.05, 0.1) is 5.69 Å². The number of aromatic nitrogens is 3. The highest BCUT2D eigenvalue weighted by Gasteiger charge is 2.41. The largest absolute Gasteiger partial charge is 0.368 e. The normalized spacial score (nSPS) is 18.3. The van der Waals surface area contributed by atoms with Crippen LogP contribution >= 0.6 is 11.8 Å². The smallest absolute Gasteiger partial charge is 0.247 e. The summed E-state index contributed by atoms with van der Waals surface area (Å²) in [6.07, 6.45) is -0.0864. The lowest BCUT2D eigenvalue weighted by atomic mass is 10.3. The van der Waals surface area contributed by atoms with Crippen LogP contribution in [0.1, 0.15) is 6.42 Å². The summed E-state index contributed by atoms with van der Waals surface area (Å²) in [5, 5.41) is 5.68. The molecule has 0 saturated carbocycles. The van der Waals surface area contributed by atoms with Crippen LogP contribution in [0.5, 0.6) is 0 Å². The molecule has 22 heavy (non-hydrogen) atoms. The van der Waals surface area contributed by atoms with Gasteiger partial charge >= 0.3 is 0 Å². The molecule has 1 atom stereocenters. The number of thioether (sulfide) groups is 1. The molecule has 7 nitrogen and oxygen atoms in total. The zero-order chi connectivity index (χ0) is 15.9. The van der Waals surface area contributed by atoms with E-state index in [0.717, 1.165) is 28.8 Å². The van der Waals surface area contributed by atoms with E-state index in [1.165, 1.54) is 6.07 Å². The number of aromatic amines is 1. The van der Waals surface area contributed by atoms with Gasteiger partial charge in [0.15, 0.2) is 11.6 Å². The molecule has 2 aromatic rings. The molecule has 1 saturated heterocycles. The van der Waals surface area contributed by atoms with Crippen LogP contribution in [0.4, 0.5) is 20.4 Å². The number of nitrogens with two attached hydrogens (primary N) is 1. The van der Waals surface area contributed by atoms with Crippen molar-refractivity contribution < 1.29 is 18.4 Å². The lowest BCUT2D eigenvalue weighted by molar-refractivity contribution is -0.121. The van der Waals surface area contributed by atoms with E-state index in [0.29, 0.717) is 0 Å². The fourth-order valence-corrected chi connectivity index (χ4v) is 2.97. The molecule has 1 aliphatic rings. The second-order valence-electron chi connectivity index (χ2n) is 4.48. The number of anilines is 2. The molecule has 2 amide bonds. The Morgan fingerprint density at radius 1 is 1.32 bits per heavy atom. The molecule has 0 radical (unpaired) electrons. The number of carbonyl (C=O) groups is 2. The highest BCUT2D eigenvalue weighted by molar-refractivity contribution is 8.00. The van der Waals surface area contributed by atoms with Crippen molar-refractivity contribution in [2.75, 3.05) is 10.6 Å². The van der Waals surface area contributed by atoms with Crippen molar-refractivity contribution in [3.05, 3.63) is 29.8 Å². The summed E-state index contributed by atoms with van der Waals surface area (Å²) in [5.41, 5.74) is 5.37. The van der Waals surface area contributed by atoms with Crippen molar-refractivity contribution in [1.29, 1.82) is 0 Å². The van der Waals surface area contributed by atoms with Crippen LogP contribution in [0.2, 0.25) is 0 Å². The Kier molecular flexibility index (Phi) is 3.53. The van der Waals surface area contributed by atoms with Gasteiger partial charge in [0.25, 0.3) is 0 Å². The maximum Gasteiger partial charge on any atom is 0.247 e. The molecule has 1 aliphatic heterocycles. The van der Waals surface area contributed by atoms with E-state index in [1.807, 2.05) is 0 Å². The Hall–Kier alpha value is -2.49. The molecule has 0 unspecified atom stereocenters. The predicted octanol–water partition coefficient (Wildman–Crippen LogP) is 1.09. The van der Waals surface area contributed by atoms with E-state index in [2.05, 4.69) is 15.2 Å². The monoisotopic (exact) mass is 325 g/mol. The quantitative estimate of drug-likeness (QED) is 0.819. The van der Waals surface area contributed by atoms with Gasteiger partial charge < -0.3 is 5.73 Å². The van der Waals surface area contributed by atoms with Crippen LogP contribution in [0.15, 0.2) is 23.4 Å². The second-order valence-corrected chi connectivity index (χ2v) is 5.65. The average molecular weight is 325 g/mol. The van der Waals surface area contributed by atoms with Crippen LogP contribution in [0, 0.1) is 11.6 Å². The number of benzene rings is 1. The van der Waals surface area contributed by atoms with Gasteiger partial charge in [-0.25, -0.2) is 18.8 Å². The third kappa shape index (κ3) is 2.52. The molecule has 3 N–H and O–H groups in total. The van der Waals surface area contributed by atoms with Gasteiger partial charge in [0.2, 0.25) is 22.9 Å². The van der Waals surface area contributed by atoms with Crippen molar-refractivity contribution in [3.63, 3.8) is 0 Å². The first-order valence-corrected chi connectivity index (χ1v) is 7.00. The van der Waals surface area contributed by atoms with Crippen LogP contribution < -0.4 is 10.6 Å². The van der Waals surface area contributed by atoms with Gasteiger partial charge in [0, 0.05) is 12.5 Å². The van der Waals surface area contributed by atoms with Crippen molar-refractivity contribution >= 4 is 35.2 Å². The molecule has 1 aromatic heterocycles. The van der Waals surface area contributed by atoms with Crippen molar-refractivity contribution in [2.24, 2.45) is 0 Å². The Morgan fingerprint density at radius 2 is 2.09 bits per heavy atom. The lowest BCUT2D eigenvalue weighted by Gasteiger charge is -2.14. The van der Waals surface area contributed by atoms with E-state index in [4.69, 9.17) is 5.73 Å². The van der Waals surface area contributed by atoms with Gasteiger partial charge in [-0.15, -0.1) is 5.10 Å². The molecule has 0 spiro atoms. The minimum atomic E-state index is -1.13. The van der Waals surface area contributed by atoms with Gasteiger partial charge in [-0.3, -0.25) is 9.59 Å². The van der Waals surface area contributed by atoms with E-state index >= 15 is 0 Å². The van der Waals surface area contributed by atoms with E-state index < -0.39 is 28.7 Å².